The van der Waals surface area contributed by atoms with Gasteiger partial charge in [-0.25, -0.2) is 0 Å². The van der Waals surface area contributed by atoms with E-state index >= 15 is 0 Å². The topological polar surface area (TPSA) is 18.5 Å². The van der Waals surface area contributed by atoms with Crippen LogP contribution in [0.25, 0.3) is 0 Å². The second kappa shape index (κ2) is 9.88. The average Bonchev–Trinajstić information content (AvgIpc) is 2.62. The lowest BCUT2D eigenvalue weighted by atomic mass is 9.87. The third-order valence-electron chi connectivity index (χ3n) is 3.61. The molecule has 0 N–H and O–H groups in total. The van der Waals surface area contributed by atoms with Crippen molar-refractivity contribution in [3.63, 3.8) is 0 Å². The third kappa shape index (κ3) is 4.80. The standard InChI is InChI=1S/C18H22O2.C2H6/c1-4-5-18(14-6-10-16(19-2)11-7-14)15-8-12-17(20-3)13-9-15;1-2/h6-13,18H,4-5H2,1-3H3;1-2H3. The molecule has 2 rings (SSSR count). The monoisotopic (exact) mass is 300 g/mol. The number of methoxy groups -OCH3 is 2. The van der Waals surface area contributed by atoms with Crippen molar-refractivity contribution in [2.75, 3.05) is 14.2 Å². The Labute approximate surface area is 135 Å². The summed E-state index contributed by atoms with van der Waals surface area (Å²) in [6.07, 6.45) is 2.29. The summed E-state index contributed by atoms with van der Waals surface area (Å²) in [5.74, 6) is 2.23. The first-order valence-corrected chi connectivity index (χ1v) is 8.06. The Morgan fingerprint density at radius 3 is 1.36 bits per heavy atom. The zero-order valence-electron chi connectivity index (χ0n) is 14.4. The summed E-state index contributed by atoms with van der Waals surface area (Å²) >= 11 is 0. The van der Waals surface area contributed by atoms with E-state index in [4.69, 9.17) is 9.47 Å². The minimum atomic E-state index is 0.428. The second-order valence-electron chi connectivity index (χ2n) is 4.89. The first-order valence-electron chi connectivity index (χ1n) is 8.06. The highest BCUT2D eigenvalue weighted by Gasteiger charge is 2.13. The van der Waals surface area contributed by atoms with Gasteiger partial charge in [0.1, 0.15) is 11.5 Å². The van der Waals surface area contributed by atoms with E-state index in [-0.39, 0.29) is 0 Å². The zero-order chi connectivity index (χ0) is 16.4. The molecule has 0 heterocycles. The fourth-order valence-electron chi connectivity index (χ4n) is 2.49. The fourth-order valence-corrected chi connectivity index (χ4v) is 2.49. The predicted molar refractivity (Wildman–Crippen MR) is 94.1 cm³/mol. The smallest absolute Gasteiger partial charge is 0.118 e. The van der Waals surface area contributed by atoms with Gasteiger partial charge in [-0.05, 0) is 41.8 Å². The number of rotatable bonds is 6. The number of hydrogen-bond acceptors (Lipinski definition) is 2. The molecule has 0 aromatic heterocycles. The molecule has 0 radical (unpaired) electrons. The van der Waals surface area contributed by atoms with Gasteiger partial charge in [0, 0.05) is 5.92 Å². The average molecular weight is 300 g/mol. The van der Waals surface area contributed by atoms with Gasteiger partial charge in [-0.1, -0.05) is 51.5 Å². The maximum absolute atomic E-state index is 5.23. The molecule has 0 unspecified atom stereocenters. The Bertz CT molecular complexity index is 467. The van der Waals surface area contributed by atoms with Gasteiger partial charge in [0.25, 0.3) is 0 Å². The molecule has 0 spiro atoms. The van der Waals surface area contributed by atoms with Crippen LogP contribution in [0.3, 0.4) is 0 Å². The molecule has 0 atom stereocenters. The molecule has 2 heteroatoms. The molecule has 2 aromatic rings. The molecule has 0 aliphatic rings. The van der Waals surface area contributed by atoms with Crippen molar-refractivity contribution in [1.29, 1.82) is 0 Å². The molecule has 0 bridgehead atoms. The number of hydrogen-bond donors (Lipinski definition) is 0. The van der Waals surface area contributed by atoms with E-state index in [0.29, 0.717) is 5.92 Å². The SMILES string of the molecule is CC.CCCC(c1ccc(OC)cc1)c1ccc(OC)cc1. The van der Waals surface area contributed by atoms with Crippen molar-refractivity contribution in [3.05, 3.63) is 59.7 Å². The van der Waals surface area contributed by atoms with Crippen LogP contribution in [0.4, 0.5) is 0 Å². The lowest BCUT2D eigenvalue weighted by Crippen LogP contribution is -2.01. The van der Waals surface area contributed by atoms with Crippen molar-refractivity contribution in [3.8, 4) is 11.5 Å². The molecule has 2 aromatic carbocycles. The van der Waals surface area contributed by atoms with Crippen LogP contribution in [0.15, 0.2) is 48.5 Å². The number of ether oxygens (including phenoxy) is 2. The zero-order valence-corrected chi connectivity index (χ0v) is 14.4. The van der Waals surface area contributed by atoms with Gasteiger partial charge in [0.2, 0.25) is 0 Å². The van der Waals surface area contributed by atoms with E-state index in [2.05, 4.69) is 31.2 Å². The van der Waals surface area contributed by atoms with Gasteiger partial charge in [-0.15, -0.1) is 0 Å². The largest absolute Gasteiger partial charge is 0.497 e. The minimum absolute atomic E-state index is 0.428. The maximum atomic E-state index is 5.23. The third-order valence-corrected chi connectivity index (χ3v) is 3.61. The summed E-state index contributed by atoms with van der Waals surface area (Å²) in [5.41, 5.74) is 2.66. The lowest BCUT2D eigenvalue weighted by molar-refractivity contribution is 0.414. The van der Waals surface area contributed by atoms with Crippen LogP contribution in [-0.2, 0) is 0 Å². The molecule has 0 amide bonds. The molecule has 120 valence electrons. The normalized spacial score (nSPS) is 9.91. The van der Waals surface area contributed by atoms with Crippen LogP contribution in [0, 0.1) is 0 Å². The lowest BCUT2D eigenvalue weighted by Gasteiger charge is -2.18. The fraction of sp³-hybridized carbons (Fsp3) is 0.400. The van der Waals surface area contributed by atoms with Crippen molar-refractivity contribution < 1.29 is 9.47 Å². The summed E-state index contributed by atoms with van der Waals surface area (Å²) in [6.45, 7) is 6.22. The quantitative estimate of drug-likeness (QED) is 0.685. The van der Waals surface area contributed by atoms with Gasteiger partial charge in [-0.2, -0.15) is 0 Å². The van der Waals surface area contributed by atoms with Crippen LogP contribution in [0.2, 0.25) is 0 Å². The van der Waals surface area contributed by atoms with Gasteiger partial charge in [0.15, 0.2) is 0 Å². The maximum Gasteiger partial charge on any atom is 0.118 e. The summed E-state index contributed by atoms with van der Waals surface area (Å²) in [4.78, 5) is 0. The van der Waals surface area contributed by atoms with Crippen LogP contribution in [-0.4, -0.2) is 14.2 Å². The second-order valence-corrected chi connectivity index (χ2v) is 4.89. The Morgan fingerprint density at radius 2 is 1.09 bits per heavy atom. The molecule has 0 aliphatic heterocycles. The van der Waals surface area contributed by atoms with E-state index in [1.54, 1.807) is 14.2 Å². The molecule has 22 heavy (non-hydrogen) atoms. The number of benzene rings is 2. The Morgan fingerprint density at radius 1 is 0.727 bits per heavy atom. The van der Waals surface area contributed by atoms with Gasteiger partial charge in [0.05, 0.1) is 14.2 Å². The molecular weight excluding hydrogens is 272 g/mol. The predicted octanol–water partition coefficient (Wildman–Crippen LogP) is 5.66. The summed E-state index contributed by atoms with van der Waals surface area (Å²) in [5, 5.41) is 0. The highest BCUT2D eigenvalue weighted by molar-refractivity contribution is 5.38. The van der Waals surface area contributed by atoms with Crippen molar-refractivity contribution in [2.24, 2.45) is 0 Å². The van der Waals surface area contributed by atoms with E-state index in [1.807, 2.05) is 38.1 Å². The van der Waals surface area contributed by atoms with Crippen LogP contribution in [0.5, 0.6) is 11.5 Å². The highest BCUT2D eigenvalue weighted by Crippen LogP contribution is 2.31. The van der Waals surface area contributed by atoms with E-state index in [9.17, 15) is 0 Å². The highest BCUT2D eigenvalue weighted by atomic mass is 16.5. The van der Waals surface area contributed by atoms with Crippen LogP contribution < -0.4 is 9.47 Å². The molecule has 0 fully saturated rings. The van der Waals surface area contributed by atoms with E-state index in [1.165, 1.54) is 11.1 Å². The van der Waals surface area contributed by atoms with E-state index < -0.39 is 0 Å². The molecule has 2 nitrogen and oxygen atoms in total. The Kier molecular flexibility index (Phi) is 8.13. The summed E-state index contributed by atoms with van der Waals surface area (Å²) < 4.78 is 10.5. The molecule has 0 saturated carbocycles. The van der Waals surface area contributed by atoms with Crippen molar-refractivity contribution in [2.45, 2.75) is 39.5 Å². The van der Waals surface area contributed by atoms with E-state index in [0.717, 1.165) is 24.3 Å². The van der Waals surface area contributed by atoms with Crippen molar-refractivity contribution >= 4 is 0 Å². The Hall–Kier alpha value is -1.96. The first-order chi connectivity index (χ1) is 10.8. The van der Waals surface area contributed by atoms with Crippen molar-refractivity contribution in [1.82, 2.24) is 0 Å². The molecule has 0 aliphatic carbocycles. The van der Waals surface area contributed by atoms with Gasteiger partial charge >= 0.3 is 0 Å². The molecular formula is C20H28O2. The van der Waals surface area contributed by atoms with Crippen LogP contribution >= 0.6 is 0 Å². The summed E-state index contributed by atoms with van der Waals surface area (Å²) in [7, 11) is 3.39. The Balaban J connectivity index is 0.00000116. The minimum Gasteiger partial charge on any atom is -0.497 e. The first kappa shape index (κ1) is 18.1. The summed E-state index contributed by atoms with van der Waals surface area (Å²) in [6, 6.07) is 16.7. The van der Waals surface area contributed by atoms with Gasteiger partial charge < -0.3 is 9.47 Å². The van der Waals surface area contributed by atoms with Crippen LogP contribution in [0.1, 0.15) is 50.7 Å². The molecule has 0 saturated heterocycles. The van der Waals surface area contributed by atoms with Gasteiger partial charge in [-0.3, -0.25) is 0 Å².